The van der Waals surface area contributed by atoms with Crippen LogP contribution in [0.25, 0.3) is 0 Å². The van der Waals surface area contributed by atoms with Crippen LogP contribution in [0, 0.1) is 0 Å². The van der Waals surface area contributed by atoms with E-state index in [0.29, 0.717) is 4.47 Å². The minimum Gasteiger partial charge on any atom is -0.293 e. The first-order valence-corrected chi connectivity index (χ1v) is 5.95. The highest BCUT2D eigenvalue weighted by Gasteiger charge is 2.17. The van der Waals surface area contributed by atoms with Crippen LogP contribution in [0.2, 0.25) is 0 Å². The van der Waals surface area contributed by atoms with Crippen LogP contribution in [-0.4, -0.2) is 20.0 Å². The Morgan fingerprint density at radius 2 is 1.93 bits per heavy atom. The van der Waals surface area contributed by atoms with Crippen molar-refractivity contribution in [2.24, 2.45) is 0 Å². The highest BCUT2D eigenvalue weighted by atomic mass is 79.9. The average Bonchev–Trinajstić information content (AvgIpc) is 2.01. The highest BCUT2D eigenvalue weighted by Crippen LogP contribution is 2.17. The number of hydrogen-bond donors (Lipinski definition) is 0. The zero-order valence-corrected chi connectivity index (χ0v) is 9.31. The number of rotatable bonds is 3. The Balaban J connectivity index is 2.97. The molecular weight excluding hydrogens is 275 g/mol. The molecule has 0 fully saturated rings. The molecule has 0 aliphatic rings. The molecule has 76 valence electrons. The van der Waals surface area contributed by atoms with Gasteiger partial charge in [0.05, 0.1) is 0 Å². The van der Waals surface area contributed by atoms with Crippen LogP contribution in [0.4, 0.5) is 3.89 Å². The summed E-state index contributed by atoms with van der Waals surface area (Å²) in [5.41, 5.74) is 0.161. The summed E-state index contributed by atoms with van der Waals surface area (Å²) >= 11 is 3.07. The Labute approximate surface area is 89.3 Å². The number of carbonyl (C=O) groups excluding carboxylic acids is 1. The minimum atomic E-state index is -4.76. The summed E-state index contributed by atoms with van der Waals surface area (Å²) in [6, 6.07) is 6.25. The van der Waals surface area contributed by atoms with Crippen LogP contribution < -0.4 is 0 Å². The zero-order valence-electron chi connectivity index (χ0n) is 6.91. The third-order valence-electron chi connectivity index (χ3n) is 1.48. The Kier molecular flexibility index (Phi) is 3.38. The summed E-state index contributed by atoms with van der Waals surface area (Å²) in [5.74, 6) is -1.88. The molecule has 0 radical (unpaired) electrons. The van der Waals surface area contributed by atoms with Gasteiger partial charge in [-0.25, -0.2) is 0 Å². The van der Waals surface area contributed by atoms with E-state index >= 15 is 0 Å². The fraction of sp³-hybridized carbons (Fsp3) is 0.125. The predicted octanol–water partition coefficient (Wildman–Crippen LogP) is 1.93. The molecule has 0 unspecified atom stereocenters. The molecule has 0 bridgehead atoms. The van der Waals surface area contributed by atoms with Gasteiger partial charge in [0.2, 0.25) is 0 Å². The van der Waals surface area contributed by atoms with Crippen LogP contribution in [0.1, 0.15) is 10.4 Å². The number of benzene rings is 1. The first kappa shape index (κ1) is 11.3. The molecule has 0 saturated heterocycles. The van der Waals surface area contributed by atoms with Gasteiger partial charge < -0.3 is 0 Å². The largest absolute Gasteiger partial charge is 0.309 e. The fourth-order valence-corrected chi connectivity index (χ4v) is 1.90. The first-order valence-electron chi connectivity index (χ1n) is 3.60. The second-order valence-electron chi connectivity index (χ2n) is 2.59. The lowest BCUT2D eigenvalue weighted by Gasteiger charge is -2.00. The van der Waals surface area contributed by atoms with Gasteiger partial charge in [0, 0.05) is 10.0 Å². The van der Waals surface area contributed by atoms with E-state index in [0.717, 1.165) is 0 Å². The van der Waals surface area contributed by atoms with Crippen LogP contribution >= 0.6 is 15.9 Å². The van der Waals surface area contributed by atoms with E-state index in [1.807, 2.05) is 0 Å². The lowest BCUT2D eigenvalue weighted by atomic mass is 10.1. The second kappa shape index (κ2) is 4.18. The molecule has 0 atom stereocenters. The predicted molar refractivity (Wildman–Crippen MR) is 53.4 cm³/mol. The molecule has 6 heteroatoms. The van der Waals surface area contributed by atoms with Gasteiger partial charge in [0.25, 0.3) is 0 Å². The maximum Gasteiger partial charge on any atom is 0.309 e. The smallest absolute Gasteiger partial charge is 0.293 e. The Morgan fingerprint density at radius 1 is 1.36 bits per heavy atom. The average molecular weight is 281 g/mol. The molecule has 1 aromatic rings. The number of ketones is 1. The molecule has 1 aromatic carbocycles. The molecule has 0 aromatic heterocycles. The molecule has 0 amide bonds. The standard InChI is InChI=1S/C8H6BrFO3S/c9-7-4-2-1-3-6(7)8(11)5-14(10,12)13/h1-4H,5H2. The summed E-state index contributed by atoms with van der Waals surface area (Å²) in [5, 5.41) is 0. The van der Waals surface area contributed by atoms with Crippen molar-refractivity contribution in [1.82, 2.24) is 0 Å². The van der Waals surface area contributed by atoms with Gasteiger partial charge in [-0.2, -0.15) is 8.42 Å². The van der Waals surface area contributed by atoms with E-state index in [-0.39, 0.29) is 5.56 Å². The van der Waals surface area contributed by atoms with E-state index in [2.05, 4.69) is 15.9 Å². The molecule has 0 N–H and O–H groups in total. The van der Waals surface area contributed by atoms with Gasteiger partial charge >= 0.3 is 10.2 Å². The molecule has 3 nitrogen and oxygen atoms in total. The number of hydrogen-bond acceptors (Lipinski definition) is 3. The maximum absolute atomic E-state index is 12.2. The van der Waals surface area contributed by atoms with Crippen molar-refractivity contribution in [3.63, 3.8) is 0 Å². The summed E-state index contributed by atoms with van der Waals surface area (Å²) in [6.07, 6.45) is 0. The fourth-order valence-electron chi connectivity index (χ4n) is 0.922. The van der Waals surface area contributed by atoms with Crippen molar-refractivity contribution in [3.05, 3.63) is 34.3 Å². The van der Waals surface area contributed by atoms with E-state index in [4.69, 9.17) is 0 Å². The summed E-state index contributed by atoms with van der Waals surface area (Å²) in [4.78, 5) is 11.2. The minimum absolute atomic E-state index is 0.161. The SMILES string of the molecule is O=C(CS(=O)(=O)F)c1ccccc1Br. The molecule has 0 spiro atoms. The monoisotopic (exact) mass is 280 g/mol. The molecule has 0 heterocycles. The van der Waals surface area contributed by atoms with Crippen molar-refractivity contribution >= 4 is 31.9 Å². The van der Waals surface area contributed by atoms with Crippen molar-refractivity contribution < 1.29 is 17.1 Å². The summed E-state index contributed by atoms with van der Waals surface area (Å²) < 4.78 is 33.1. The highest BCUT2D eigenvalue weighted by molar-refractivity contribution is 9.10. The first-order chi connectivity index (χ1) is 6.40. The van der Waals surface area contributed by atoms with Gasteiger partial charge in [-0.05, 0) is 6.07 Å². The van der Waals surface area contributed by atoms with Crippen molar-refractivity contribution in [1.29, 1.82) is 0 Å². The molecule has 1 rings (SSSR count). The lowest BCUT2D eigenvalue weighted by molar-refractivity contribution is 0.101. The van der Waals surface area contributed by atoms with Gasteiger partial charge in [-0.15, -0.1) is 3.89 Å². The third kappa shape index (κ3) is 3.19. The number of halogens is 2. The van der Waals surface area contributed by atoms with Crippen LogP contribution in [0.15, 0.2) is 28.7 Å². The molecule has 14 heavy (non-hydrogen) atoms. The second-order valence-corrected chi connectivity index (χ2v) is 4.81. The molecular formula is C8H6BrFO3S. The number of Topliss-reactive ketones (excluding diaryl/α,β-unsaturated/α-hetero) is 1. The van der Waals surface area contributed by atoms with Crippen molar-refractivity contribution in [2.75, 3.05) is 5.75 Å². The topological polar surface area (TPSA) is 51.2 Å². The molecule has 0 saturated carbocycles. The van der Waals surface area contributed by atoms with E-state index in [1.54, 1.807) is 18.2 Å². The lowest BCUT2D eigenvalue weighted by Crippen LogP contribution is -2.12. The number of carbonyl (C=O) groups is 1. The Morgan fingerprint density at radius 3 is 2.43 bits per heavy atom. The van der Waals surface area contributed by atoms with Gasteiger partial charge in [0.15, 0.2) is 5.78 Å². The molecule has 0 aliphatic carbocycles. The van der Waals surface area contributed by atoms with Crippen molar-refractivity contribution in [2.45, 2.75) is 0 Å². The third-order valence-corrected chi connectivity index (χ3v) is 2.78. The zero-order chi connectivity index (χ0) is 10.8. The maximum atomic E-state index is 12.2. The summed E-state index contributed by atoms with van der Waals surface area (Å²) in [7, 11) is -4.76. The van der Waals surface area contributed by atoms with Gasteiger partial charge in [0.1, 0.15) is 5.75 Å². The summed E-state index contributed by atoms with van der Waals surface area (Å²) in [6.45, 7) is 0. The van der Waals surface area contributed by atoms with E-state index in [1.165, 1.54) is 6.07 Å². The van der Waals surface area contributed by atoms with Crippen molar-refractivity contribution in [3.8, 4) is 0 Å². The quantitative estimate of drug-likeness (QED) is 0.628. The van der Waals surface area contributed by atoms with Crippen LogP contribution in [0.5, 0.6) is 0 Å². The Bertz CT molecular complexity index is 455. The van der Waals surface area contributed by atoms with E-state index < -0.39 is 21.8 Å². The van der Waals surface area contributed by atoms with Crippen LogP contribution in [-0.2, 0) is 10.2 Å². The normalized spacial score (nSPS) is 11.3. The Hall–Kier alpha value is -0.750. The van der Waals surface area contributed by atoms with E-state index in [9.17, 15) is 17.1 Å². The van der Waals surface area contributed by atoms with Gasteiger partial charge in [-0.1, -0.05) is 34.1 Å². The molecule has 0 aliphatic heterocycles. The van der Waals surface area contributed by atoms with Crippen LogP contribution in [0.3, 0.4) is 0 Å². The van der Waals surface area contributed by atoms with Gasteiger partial charge in [-0.3, -0.25) is 4.79 Å².